The zero-order chi connectivity index (χ0) is 26.2. The van der Waals surface area contributed by atoms with Gasteiger partial charge in [-0.1, -0.05) is 12.8 Å². The molecule has 2 aliphatic rings. The van der Waals surface area contributed by atoms with E-state index in [2.05, 4.69) is 5.32 Å². The summed E-state index contributed by atoms with van der Waals surface area (Å²) in [6.45, 7) is 2.69. The standard InChI is InChI=1S/C14H20N2O4.C10H14N2O3/c1-11(17)8-9-15-12(18)5-3-2-4-10-16-13(19)6-7-14(16)20;11-8(13)4-2-1-3-7-12-9(14)5-6-10(12)15/h6-7H,2-5,8-10H2,1H3,(H,15,18);5-6H,1-4,7H2,(H2,11,13). The molecule has 0 saturated carbocycles. The van der Waals surface area contributed by atoms with Crippen LogP contribution < -0.4 is 11.1 Å². The Morgan fingerprint density at radius 1 is 0.686 bits per heavy atom. The van der Waals surface area contributed by atoms with Crippen LogP contribution in [0.25, 0.3) is 0 Å². The average Bonchev–Trinajstić information content (AvgIpc) is 3.28. The Kier molecular flexibility index (Phi) is 13.5. The minimum Gasteiger partial charge on any atom is -0.370 e. The molecule has 0 radical (unpaired) electrons. The molecule has 192 valence electrons. The number of carbonyl (C=O) groups is 7. The second-order valence-corrected chi connectivity index (χ2v) is 8.21. The third-order valence-electron chi connectivity index (χ3n) is 5.19. The largest absolute Gasteiger partial charge is 0.370 e. The minimum atomic E-state index is -0.315. The van der Waals surface area contributed by atoms with Gasteiger partial charge in [0.2, 0.25) is 11.8 Å². The highest BCUT2D eigenvalue weighted by Crippen LogP contribution is 2.08. The summed E-state index contributed by atoms with van der Waals surface area (Å²) < 4.78 is 0. The van der Waals surface area contributed by atoms with Crippen LogP contribution in [0.15, 0.2) is 24.3 Å². The number of carbonyl (C=O) groups excluding carboxylic acids is 7. The molecule has 11 heteroatoms. The van der Waals surface area contributed by atoms with Crippen LogP contribution in [0.5, 0.6) is 0 Å². The van der Waals surface area contributed by atoms with Gasteiger partial charge in [0, 0.05) is 63.2 Å². The van der Waals surface area contributed by atoms with Crippen molar-refractivity contribution in [1.82, 2.24) is 15.1 Å². The molecule has 0 aromatic heterocycles. The van der Waals surface area contributed by atoms with Crippen molar-refractivity contribution >= 4 is 41.2 Å². The van der Waals surface area contributed by atoms with E-state index in [0.29, 0.717) is 64.6 Å². The lowest BCUT2D eigenvalue weighted by atomic mass is 10.2. The molecule has 0 aromatic carbocycles. The molecule has 2 aliphatic heterocycles. The van der Waals surface area contributed by atoms with Crippen LogP contribution in [0.1, 0.15) is 64.7 Å². The first-order chi connectivity index (χ1) is 16.6. The number of hydrogen-bond acceptors (Lipinski definition) is 7. The van der Waals surface area contributed by atoms with E-state index in [1.54, 1.807) is 0 Å². The summed E-state index contributed by atoms with van der Waals surface area (Å²) in [6, 6.07) is 0. The van der Waals surface area contributed by atoms with Gasteiger partial charge in [-0.05, 0) is 32.6 Å². The van der Waals surface area contributed by atoms with Gasteiger partial charge in [-0.15, -0.1) is 0 Å². The van der Waals surface area contributed by atoms with Crippen LogP contribution in [-0.4, -0.2) is 70.7 Å². The summed E-state index contributed by atoms with van der Waals surface area (Å²) in [5, 5.41) is 2.67. The monoisotopic (exact) mass is 490 g/mol. The highest BCUT2D eigenvalue weighted by atomic mass is 16.2. The van der Waals surface area contributed by atoms with Crippen LogP contribution in [-0.2, 0) is 33.6 Å². The third kappa shape index (κ3) is 12.4. The Labute approximate surface area is 204 Å². The molecular weight excluding hydrogens is 456 g/mol. The first-order valence-corrected chi connectivity index (χ1v) is 11.7. The predicted octanol–water partition coefficient (Wildman–Crippen LogP) is 0.524. The number of nitrogens with one attached hydrogen (secondary N) is 1. The highest BCUT2D eigenvalue weighted by molar-refractivity contribution is 6.13. The normalized spacial score (nSPS) is 14.4. The van der Waals surface area contributed by atoms with Crippen molar-refractivity contribution in [2.75, 3.05) is 19.6 Å². The summed E-state index contributed by atoms with van der Waals surface area (Å²) in [7, 11) is 0. The van der Waals surface area contributed by atoms with Crippen LogP contribution in [0.4, 0.5) is 0 Å². The minimum absolute atomic E-state index is 0.0545. The molecule has 0 bridgehead atoms. The number of nitrogens with zero attached hydrogens (tertiary/aromatic N) is 2. The molecule has 0 unspecified atom stereocenters. The van der Waals surface area contributed by atoms with Crippen LogP contribution >= 0.6 is 0 Å². The SMILES string of the molecule is CC(=O)CCNC(=O)CCCCCN1C(=O)C=CC1=O.NC(=O)CCCCCN1C(=O)C=CC1=O. The number of imide groups is 2. The number of amides is 6. The number of Topliss-reactive ketones (excluding diaryl/α,β-unsaturated/α-hetero) is 1. The summed E-state index contributed by atoms with van der Waals surface area (Å²) >= 11 is 0. The molecule has 2 rings (SSSR count). The lowest BCUT2D eigenvalue weighted by Gasteiger charge is -2.12. The fraction of sp³-hybridized carbons (Fsp3) is 0.542. The molecule has 0 atom stereocenters. The number of rotatable bonds is 15. The Morgan fingerprint density at radius 2 is 1.11 bits per heavy atom. The smallest absolute Gasteiger partial charge is 0.253 e. The van der Waals surface area contributed by atoms with E-state index < -0.39 is 0 Å². The molecule has 0 saturated heterocycles. The topological polar surface area (TPSA) is 164 Å². The molecule has 11 nitrogen and oxygen atoms in total. The molecule has 0 aliphatic carbocycles. The molecule has 0 spiro atoms. The van der Waals surface area contributed by atoms with Crippen molar-refractivity contribution in [3.8, 4) is 0 Å². The Hall–Kier alpha value is -3.63. The van der Waals surface area contributed by atoms with Crippen molar-refractivity contribution in [3.63, 3.8) is 0 Å². The second kappa shape index (κ2) is 16.1. The van der Waals surface area contributed by atoms with E-state index >= 15 is 0 Å². The molecule has 35 heavy (non-hydrogen) atoms. The number of unbranched alkanes of at least 4 members (excludes halogenated alkanes) is 4. The van der Waals surface area contributed by atoms with Gasteiger partial charge < -0.3 is 11.1 Å². The second-order valence-electron chi connectivity index (χ2n) is 8.21. The van der Waals surface area contributed by atoms with Gasteiger partial charge in [0.15, 0.2) is 0 Å². The highest BCUT2D eigenvalue weighted by Gasteiger charge is 2.23. The Balaban J connectivity index is 0.000000365. The zero-order valence-corrected chi connectivity index (χ0v) is 20.1. The molecule has 0 aromatic rings. The lowest BCUT2D eigenvalue weighted by Crippen LogP contribution is -2.30. The molecular formula is C24H34N4O7. The fourth-order valence-corrected chi connectivity index (χ4v) is 3.25. The van der Waals surface area contributed by atoms with Crippen LogP contribution in [0, 0.1) is 0 Å². The number of hydrogen-bond donors (Lipinski definition) is 2. The maximum absolute atomic E-state index is 11.4. The maximum Gasteiger partial charge on any atom is 0.253 e. The Morgan fingerprint density at radius 3 is 1.51 bits per heavy atom. The Bertz CT molecular complexity index is 843. The van der Waals surface area contributed by atoms with Crippen molar-refractivity contribution in [2.24, 2.45) is 5.73 Å². The van der Waals surface area contributed by atoms with E-state index in [0.717, 1.165) is 12.8 Å². The van der Waals surface area contributed by atoms with Gasteiger partial charge in [-0.2, -0.15) is 0 Å². The van der Waals surface area contributed by atoms with E-state index in [1.165, 1.54) is 41.0 Å². The zero-order valence-electron chi connectivity index (χ0n) is 20.1. The predicted molar refractivity (Wildman–Crippen MR) is 126 cm³/mol. The molecule has 0 fully saturated rings. The third-order valence-corrected chi connectivity index (χ3v) is 5.19. The van der Waals surface area contributed by atoms with Gasteiger partial charge in [0.1, 0.15) is 5.78 Å². The number of nitrogens with two attached hydrogens (primary N) is 1. The van der Waals surface area contributed by atoms with E-state index in [9.17, 15) is 33.6 Å². The van der Waals surface area contributed by atoms with E-state index in [1.807, 2.05) is 0 Å². The summed E-state index contributed by atoms with van der Waals surface area (Å²) in [5.41, 5.74) is 4.97. The number of ketones is 1. The van der Waals surface area contributed by atoms with Crippen LogP contribution in [0.2, 0.25) is 0 Å². The maximum atomic E-state index is 11.4. The van der Waals surface area contributed by atoms with Crippen molar-refractivity contribution in [1.29, 1.82) is 0 Å². The van der Waals surface area contributed by atoms with Gasteiger partial charge in [0.05, 0.1) is 0 Å². The van der Waals surface area contributed by atoms with Gasteiger partial charge in [-0.25, -0.2) is 0 Å². The van der Waals surface area contributed by atoms with Gasteiger partial charge in [0.25, 0.3) is 23.6 Å². The molecule has 6 amide bonds. The van der Waals surface area contributed by atoms with E-state index in [4.69, 9.17) is 5.73 Å². The summed E-state index contributed by atoms with van der Waals surface area (Å²) in [5.74, 6) is -1.37. The lowest BCUT2D eigenvalue weighted by molar-refractivity contribution is -0.138. The van der Waals surface area contributed by atoms with Gasteiger partial charge >= 0.3 is 0 Å². The molecule has 2 heterocycles. The van der Waals surface area contributed by atoms with Crippen molar-refractivity contribution in [3.05, 3.63) is 24.3 Å². The first kappa shape index (κ1) is 29.4. The summed E-state index contributed by atoms with van der Waals surface area (Å²) in [4.78, 5) is 79.6. The van der Waals surface area contributed by atoms with Crippen molar-refractivity contribution in [2.45, 2.75) is 64.7 Å². The quantitative estimate of drug-likeness (QED) is 0.250. The van der Waals surface area contributed by atoms with Crippen LogP contribution in [0.3, 0.4) is 0 Å². The summed E-state index contributed by atoms with van der Waals surface area (Å²) in [6.07, 6.45) is 10.6. The van der Waals surface area contributed by atoms with Crippen molar-refractivity contribution < 1.29 is 33.6 Å². The average molecular weight is 491 g/mol. The van der Waals surface area contributed by atoms with E-state index in [-0.39, 0.29) is 41.2 Å². The number of primary amides is 1. The molecule has 3 N–H and O–H groups in total. The van der Waals surface area contributed by atoms with Gasteiger partial charge in [-0.3, -0.25) is 43.4 Å². The fourth-order valence-electron chi connectivity index (χ4n) is 3.25. The first-order valence-electron chi connectivity index (χ1n) is 11.7.